The number of hydrogen-bond donors (Lipinski definition) is 1. The first-order valence-electron chi connectivity index (χ1n) is 10.6. The number of thiazole rings is 1. The molecule has 0 radical (unpaired) electrons. The molecule has 1 amide bonds. The summed E-state index contributed by atoms with van der Waals surface area (Å²) in [5.74, 6) is -2.63. The predicted molar refractivity (Wildman–Crippen MR) is 137 cm³/mol. The predicted octanol–water partition coefficient (Wildman–Crippen LogP) is 6.99. The molecule has 1 aliphatic heterocycles. The van der Waals surface area contributed by atoms with Crippen molar-refractivity contribution in [3.8, 4) is 0 Å². The molecule has 2 heterocycles. The number of hydrogen-bond acceptors (Lipinski definition) is 5. The standard InChI is InChI=1S/C26H17Cl2FN2O3S/c1-12-9-13(2)21-19(10-12)35-26(30-21)31-22(15-5-8-17(27)18(28)11-15)20(24(33)25(31)34)23(32)14-3-6-16(29)7-4-14/h3-11,22,32H,1-2H3. The third-order valence-corrected chi connectivity index (χ3v) is 7.59. The summed E-state index contributed by atoms with van der Waals surface area (Å²) in [4.78, 5) is 32.6. The summed E-state index contributed by atoms with van der Waals surface area (Å²) in [6, 6.07) is 12.7. The molecule has 0 saturated carbocycles. The Morgan fingerprint density at radius 2 is 1.74 bits per heavy atom. The monoisotopic (exact) mass is 526 g/mol. The number of benzene rings is 3. The van der Waals surface area contributed by atoms with Gasteiger partial charge in [0, 0.05) is 5.56 Å². The molecule has 1 saturated heterocycles. The number of aromatic nitrogens is 1. The number of ketones is 1. The molecule has 5 nitrogen and oxygen atoms in total. The first kappa shape index (κ1) is 23.5. The SMILES string of the molecule is Cc1cc(C)c2nc(N3C(=O)C(=O)C(=C(O)c4ccc(F)cc4)C3c3ccc(Cl)c(Cl)c3)sc2c1. The van der Waals surface area contributed by atoms with E-state index in [0.717, 1.165) is 33.5 Å². The number of Topliss-reactive ketones (excluding diaryl/α,β-unsaturated/α-hetero) is 1. The van der Waals surface area contributed by atoms with E-state index in [9.17, 15) is 19.1 Å². The van der Waals surface area contributed by atoms with E-state index in [-0.39, 0.29) is 16.2 Å². The van der Waals surface area contributed by atoms with Crippen molar-refractivity contribution in [2.45, 2.75) is 19.9 Å². The largest absolute Gasteiger partial charge is 0.507 e. The number of aryl methyl sites for hydroxylation is 2. The molecule has 35 heavy (non-hydrogen) atoms. The maximum atomic E-state index is 13.5. The fraction of sp³-hybridized carbons (Fsp3) is 0.115. The van der Waals surface area contributed by atoms with Gasteiger partial charge in [0.2, 0.25) is 0 Å². The number of carbonyl (C=O) groups is 2. The van der Waals surface area contributed by atoms with Crippen molar-refractivity contribution < 1.29 is 19.1 Å². The maximum absolute atomic E-state index is 13.5. The van der Waals surface area contributed by atoms with Crippen LogP contribution in [0.4, 0.5) is 9.52 Å². The molecule has 1 aromatic heterocycles. The lowest BCUT2D eigenvalue weighted by molar-refractivity contribution is -0.132. The number of halogens is 3. The summed E-state index contributed by atoms with van der Waals surface area (Å²) >= 11 is 13.7. The van der Waals surface area contributed by atoms with E-state index in [0.29, 0.717) is 15.7 Å². The number of anilines is 1. The Hall–Kier alpha value is -3.26. The van der Waals surface area contributed by atoms with E-state index in [1.165, 1.54) is 28.4 Å². The quantitative estimate of drug-likeness (QED) is 0.177. The minimum atomic E-state index is -1.02. The van der Waals surface area contributed by atoms with Crippen LogP contribution in [0.1, 0.15) is 28.3 Å². The summed E-state index contributed by atoms with van der Waals surface area (Å²) in [6.07, 6.45) is 0. The van der Waals surface area contributed by atoms with Crippen LogP contribution in [-0.2, 0) is 9.59 Å². The number of aliphatic hydroxyl groups is 1. The molecule has 5 rings (SSSR count). The summed E-state index contributed by atoms with van der Waals surface area (Å²) in [5.41, 5.74) is 3.23. The minimum Gasteiger partial charge on any atom is -0.507 e. The second-order valence-electron chi connectivity index (χ2n) is 8.27. The minimum absolute atomic E-state index is 0.146. The first-order chi connectivity index (χ1) is 16.7. The van der Waals surface area contributed by atoms with Crippen LogP contribution in [0.25, 0.3) is 16.0 Å². The van der Waals surface area contributed by atoms with Gasteiger partial charge < -0.3 is 5.11 Å². The zero-order chi connectivity index (χ0) is 25.0. The highest BCUT2D eigenvalue weighted by Crippen LogP contribution is 2.45. The van der Waals surface area contributed by atoms with Gasteiger partial charge in [-0.25, -0.2) is 9.37 Å². The molecule has 0 spiro atoms. The van der Waals surface area contributed by atoms with Gasteiger partial charge in [0.15, 0.2) is 5.13 Å². The highest BCUT2D eigenvalue weighted by molar-refractivity contribution is 7.22. The van der Waals surface area contributed by atoms with Crippen molar-refractivity contribution >= 4 is 67.3 Å². The lowest BCUT2D eigenvalue weighted by Crippen LogP contribution is -2.29. The molecule has 1 unspecified atom stereocenters. The van der Waals surface area contributed by atoms with Crippen LogP contribution in [-0.4, -0.2) is 21.8 Å². The van der Waals surface area contributed by atoms with E-state index in [4.69, 9.17) is 23.2 Å². The Labute approximate surface area is 214 Å². The van der Waals surface area contributed by atoms with Gasteiger partial charge in [0.1, 0.15) is 11.6 Å². The topological polar surface area (TPSA) is 70.5 Å². The molecule has 4 aromatic rings. The van der Waals surface area contributed by atoms with Crippen molar-refractivity contribution in [1.82, 2.24) is 4.98 Å². The summed E-state index contributed by atoms with van der Waals surface area (Å²) in [5, 5.41) is 12.0. The Balaban J connectivity index is 1.76. The molecular weight excluding hydrogens is 510 g/mol. The van der Waals surface area contributed by atoms with Crippen LogP contribution < -0.4 is 4.90 Å². The summed E-state index contributed by atoms with van der Waals surface area (Å²) in [7, 11) is 0. The van der Waals surface area contributed by atoms with Gasteiger partial charge in [-0.1, -0.05) is 46.7 Å². The van der Waals surface area contributed by atoms with Crippen LogP contribution in [0.5, 0.6) is 0 Å². The molecule has 1 aliphatic rings. The average molecular weight is 527 g/mol. The van der Waals surface area contributed by atoms with Gasteiger partial charge >= 0.3 is 5.91 Å². The molecular formula is C26H17Cl2FN2O3S. The molecule has 0 aliphatic carbocycles. The van der Waals surface area contributed by atoms with E-state index in [1.807, 2.05) is 26.0 Å². The third-order valence-electron chi connectivity index (χ3n) is 5.85. The summed E-state index contributed by atoms with van der Waals surface area (Å²) in [6.45, 7) is 3.90. The van der Waals surface area contributed by atoms with E-state index in [2.05, 4.69) is 4.98 Å². The highest BCUT2D eigenvalue weighted by Gasteiger charge is 2.48. The number of nitrogens with zero attached hydrogens (tertiary/aromatic N) is 2. The Morgan fingerprint density at radius 1 is 1.03 bits per heavy atom. The van der Waals surface area contributed by atoms with Crippen LogP contribution >= 0.6 is 34.5 Å². The number of amides is 1. The molecule has 0 bridgehead atoms. The normalized spacial score (nSPS) is 17.5. The average Bonchev–Trinajstić information content (AvgIpc) is 3.34. The van der Waals surface area contributed by atoms with Crippen LogP contribution in [0.2, 0.25) is 10.0 Å². The smallest absolute Gasteiger partial charge is 0.301 e. The van der Waals surface area contributed by atoms with Crippen LogP contribution in [0.15, 0.2) is 60.2 Å². The van der Waals surface area contributed by atoms with E-state index < -0.39 is 29.3 Å². The number of aliphatic hydroxyl groups excluding tert-OH is 1. The van der Waals surface area contributed by atoms with Crippen LogP contribution in [0.3, 0.4) is 0 Å². The molecule has 9 heteroatoms. The highest BCUT2D eigenvalue weighted by atomic mass is 35.5. The lowest BCUT2D eigenvalue weighted by Gasteiger charge is -2.23. The maximum Gasteiger partial charge on any atom is 0.301 e. The van der Waals surface area contributed by atoms with Crippen molar-refractivity contribution in [3.05, 3.63) is 98.3 Å². The van der Waals surface area contributed by atoms with Crippen molar-refractivity contribution in [2.24, 2.45) is 0 Å². The van der Waals surface area contributed by atoms with Gasteiger partial charge in [0.05, 0.1) is 31.9 Å². The molecule has 1 atom stereocenters. The van der Waals surface area contributed by atoms with Crippen LogP contribution in [0, 0.1) is 19.7 Å². The molecule has 1 fully saturated rings. The first-order valence-corrected chi connectivity index (χ1v) is 12.1. The van der Waals surface area contributed by atoms with Gasteiger partial charge in [0.25, 0.3) is 5.78 Å². The molecule has 1 N–H and O–H groups in total. The van der Waals surface area contributed by atoms with Gasteiger partial charge in [-0.2, -0.15) is 0 Å². The van der Waals surface area contributed by atoms with E-state index >= 15 is 0 Å². The van der Waals surface area contributed by atoms with Crippen molar-refractivity contribution in [1.29, 1.82) is 0 Å². The Bertz CT molecular complexity index is 1560. The summed E-state index contributed by atoms with van der Waals surface area (Å²) < 4.78 is 14.3. The second kappa shape index (κ2) is 8.75. The third kappa shape index (κ3) is 3.99. The fourth-order valence-electron chi connectivity index (χ4n) is 4.25. The molecule has 176 valence electrons. The second-order valence-corrected chi connectivity index (χ2v) is 10.1. The lowest BCUT2D eigenvalue weighted by atomic mass is 9.95. The van der Waals surface area contributed by atoms with E-state index in [1.54, 1.807) is 18.2 Å². The Morgan fingerprint density at radius 3 is 2.43 bits per heavy atom. The Kier molecular flexibility index (Phi) is 5.87. The van der Waals surface area contributed by atoms with Gasteiger partial charge in [-0.05, 0) is 73.0 Å². The van der Waals surface area contributed by atoms with Crippen molar-refractivity contribution in [3.63, 3.8) is 0 Å². The van der Waals surface area contributed by atoms with Gasteiger partial charge in [-0.3, -0.25) is 14.5 Å². The number of fused-ring (bicyclic) bond motifs is 1. The van der Waals surface area contributed by atoms with Gasteiger partial charge in [-0.15, -0.1) is 0 Å². The zero-order valence-corrected chi connectivity index (χ0v) is 20.8. The number of rotatable bonds is 3. The number of carbonyl (C=O) groups excluding carboxylic acids is 2. The van der Waals surface area contributed by atoms with Crippen molar-refractivity contribution in [2.75, 3.05) is 4.90 Å². The zero-order valence-electron chi connectivity index (χ0n) is 18.5. The molecule has 3 aromatic carbocycles. The fourth-order valence-corrected chi connectivity index (χ4v) is 5.73.